The van der Waals surface area contributed by atoms with Gasteiger partial charge >= 0.3 is 0 Å². The molecule has 0 radical (unpaired) electrons. The van der Waals surface area contributed by atoms with Crippen LogP contribution in [-0.2, 0) is 4.79 Å². The van der Waals surface area contributed by atoms with Gasteiger partial charge in [0.25, 0.3) is 0 Å². The van der Waals surface area contributed by atoms with Crippen molar-refractivity contribution >= 4 is 29.0 Å². The lowest BCUT2D eigenvalue weighted by Gasteiger charge is -2.36. The van der Waals surface area contributed by atoms with Crippen molar-refractivity contribution in [3.63, 3.8) is 0 Å². The van der Waals surface area contributed by atoms with E-state index in [1.54, 1.807) is 11.3 Å². The zero-order chi connectivity index (χ0) is 16.2. The molecule has 2 aromatic rings. The fourth-order valence-electron chi connectivity index (χ4n) is 2.98. The van der Waals surface area contributed by atoms with Gasteiger partial charge in [-0.05, 0) is 44.1 Å². The number of carbonyl (C=O) groups is 1. The van der Waals surface area contributed by atoms with E-state index in [2.05, 4.69) is 27.0 Å². The molecule has 0 aromatic carbocycles. The summed E-state index contributed by atoms with van der Waals surface area (Å²) in [7, 11) is 0. The molecule has 3 heterocycles. The van der Waals surface area contributed by atoms with Crippen LogP contribution in [-0.4, -0.2) is 43.8 Å². The highest BCUT2D eigenvalue weighted by Crippen LogP contribution is 2.28. The van der Waals surface area contributed by atoms with Gasteiger partial charge in [0.15, 0.2) is 5.82 Å². The number of piperidine rings is 1. The number of aromatic nitrogens is 3. The quantitative estimate of drug-likeness (QED) is 0.833. The smallest absolute Gasteiger partial charge is 0.236 e. The average molecular weight is 351 g/mol. The number of aromatic amines is 1. The van der Waals surface area contributed by atoms with Gasteiger partial charge in [-0.3, -0.25) is 9.89 Å². The van der Waals surface area contributed by atoms with Crippen LogP contribution in [0.3, 0.4) is 0 Å². The first kappa shape index (κ1) is 16.5. The number of hydrogen-bond donors (Lipinski definition) is 1. The van der Waals surface area contributed by atoms with Gasteiger partial charge in [0.1, 0.15) is 0 Å². The molecule has 1 aliphatic rings. The van der Waals surface area contributed by atoms with Crippen molar-refractivity contribution in [3.05, 3.63) is 17.5 Å². The fraction of sp³-hybridized carbons (Fsp3) is 0.562. The van der Waals surface area contributed by atoms with Crippen LogP contribution in [0.4, 0.5) is 0 Å². The topological polar surface area (TPSA) is 61.9 Å². The second-order valence-electron chi connectivity index (χ2n) is 5.79. The van der Waals surface area contributed by atoms with E-state index in [1.165, 1.54) is 18.2 Å². The lowest BCUT2D eigenvalue weighted by molar-refractivity contribution is -0.134. The van der Waals surface area contributed by atoms with Gasteiger partial charge < -0.3 is 4.90 Å². The average Bonchev–Trinajstić information content (AvgIpc) is 3.25. The van der Waals surface area contributed by atoms with Crippen LogP contribution in [0.5, 0.6) is 0 Å². The molecule has 1 fully saturated rings. The predicted molar refractivity (Wildman–Crippen MR) is 94.7 cm³/mol. The summed E-state index contributed by atoms with van der Waals surface area (Å²) in [5.74, 6) is 0.982. The Bertz CT molecular complexity index is 640. The third kappa shape index (κ3) is 3.77. The van der Waals surface area contributed by atoms with Gasteiger partial charge in [-0.15, -0.1) is 16.4 Å². The number of carbonyl (C=O) groups excluding carboxylic acids is 1. The molecule has 1 amide bonds. The summed E-state index contributed by atoms with van der Waals surface area (Å²) in [5.41, 5.74) is 0. The van der Waals surface area contributed by atoms with Gasteiger partial charge in [-0.2, -0.15) is 0 Å². The van der Waals surface area contributed by atoms with E-state index in [-0.39, 0.29) is 11.2 Å². The van der Waals surface area contributed by atoms with Gasteiger partial charge in [0.05, 0.1) is 10.1 Å². The Hall–Kier alpha value is -1.34. The molecule has 0 aliphatic carbocycles. The van der Waals surface area contributed by atoms with Crippen LogP contribution in [0.1, 0.15) is 39.5 Å². The van der Waals surface area contributed by atoms with Gasteiger partial charge in [-0.1, -0.05) is 24.8 Å². The molecule has 3 rings (SSSR count). The Morgan fingerprint density at radius 3 is 3.17 bits per heavy atom. The molecule has 0 spiro atoms. The molecular formula is C16H22N4OS2. The zero-order valence-electron chi connectivity index (χ0n) is 13.5. The maximum atomic E-state index is 12.7. The van der Waals surface area contributed by atoms with Crippen molar-refractivity contribution < 1.29 is 4.79 Å². The second kappa shape index (κ2) is 7.49. The highest BCUT2D eigenvalue weighted by atomic mass is 32.2. The fourth-order valence-corrected chi connectivity index (χ4v) is 4.44. The van der Waals surface area contributed by atoms with E-state index in [1.807, 2.05) is 24.4 Å². The van der Waals surface area contributed by atoms with Crippen molar-refractivity contribution in [2.24, 2.45) is 0 Å². The summed E-state index contributed by atoms with van der Waals surface area (Å²) in [5, 5.41) is 9.69. The van der Waals surface area contributed by atoms with E-state index in [9.17, 15) is 4.79 Å². The van der Waals surface area contributed by atoms with Crippen molar-refractivity contribution in [2.75, 3.05) is 6.54 Å². The first-order valence-corrected chi connectivity index (χ1v) is 9.88. The van der Waals surface area contributed by atoms with Crippen molar-refractivity contribution in [1.29, 1.82) is 0 Å². The lowest BCUT2D eigenvalue weighted by Crippen LogP contribution is -2.46. The summed E-state index contributed by atoms with van der Waals surface area (Å²) in [6.45, 7) is 5.00. The van der Waals surface area contributed by atoms with Crippen LogP contribution in [0, 0.1) is 0 Å². The standard InChI is InChI=1S/C16H22N4OS2/c1-3-12-7-4-5-9-20(12)15(21)11(2)23-16-17-14(18-19-16)13-8-6-10-22-13/h6,8,10-12H,3-5,7,9H2,1-2H3,(H,17,18,19). The largest absolute Gasteiger partial charge is 0.339 e. The number of thioether (sulfide) groups is 1. The molecule has 1 aliphatic heterocycles. The van der Waals surface area contributed by atoms with Crippen molar-refractivity contribution in [3.8, 4) is 10.7 Å². The molecule has 5 nitrogen and oxygen atoms in total. The Morgan fingerprint density at radius 2 is 2.43 bits per heavy atom. The van der Waals surface area contributed by atoms with E-state index in [0.717, 1.165) is 36.5 Å². The van der Waals surface area contributed by atoms with Crippen LogP contribution in [0.25, 0.3) is 10.7 Å². The number of nitrogens with one attached hydrogen (secondary N) is 1. The van der Waals surface area contributed by atoms with Crippen molar-refractivity contribution in [1.82, 2.24) is 20.1 Å². The van der Waals surface area contributed by atoms with Crippen LogP contribution in [0.2, 0.25) is 0 Å². The highest BCUT2D eigenvalue weighted by Gasteiger charge is 2.29. The maximum Gasteiger partial charge on any atom is 0.236 e. The normalized spacial score (nSPS) is 19.7. The maximum absolute atomic E-state index is 12.7. The number of thiophene rings is 1. The number of nitrogens with zero attached hydrogens (tertiary/aromatic N) is 3. The molecule has 0 bridgehead atoms. The molecular weight excluding hydrogens is 328 g/mol. The molecule has 124 valence electrons. The number of amides is 1. The summed E-state index contributed by atoms with van der Waals surface area (Å²) >= 11 is 3.06. The zero-order valence-corrected chi connectivity index (χ0v) is 15.1. The molecule has 2 unspecified atom stereocenters. The molecule has 2 atom stereocenters. The van der Waals surface area contributed by atoms with E-state index < -0.39 is 0 Å². The Morgan fingerprint density at radius 1 is 1.57 bits per heavy atom. The number of H-pyrrole nitrogens is 1. The van der Waals surface area contributed by atoms with Gasteiger partial charge in [-0.25, -0.2) is 4.98 Å². The van der Waals surface area contributed by atoms with Crippen LogP contribution in [0.15, 0.2) is 22.7 Å². The van der Waals surface area contributed by atoms with Crippen LogP contribution >= 0.6 is 23.1 Å². The third-order valence-corrected chi connectivity index (χ3v) is 6.06. The Kier molecular flexibility index (Phi) is 5.38. The molecule has 0 saturated carbocycles. The third-order valence-electron chi connectivity index (χ3n) is 4.23. The molecule has 1 N–H and O–H groups in total. The van der Waals surface area contributed by atoms with E-state index in [4.69, 9.17) is 0 Å². The Labute approximate surface area is 144 Å². The molecule has 2 aromatic heterocycles. The lowest BCUT2D eigenvalue weighted by atomic mass is 10.00. The van der Waals surface area contributed by atoms with E-state index in [0.29, 0.717) is 11.2 Å². The highest BCUT2D eigenvalue weighted by molar-refractivity contribution is 8.00. The second-order valence-corrected chi connectivity index (χ2v) is 8.05. The van der Waals surface area contributed by atoms with Crippen molar-refractivity contribution in [2.45, 2.75) is 56.0 Å². The molecule has 1 saturated heterocycles. The summed E-state index contributed by atoms with van der Waals surface area (Å²) in [6, 6.07) is 4.39. The van der Waals surface area contributed by atoms with Gasteiger partial charge in [0, 0.05) is 12.6 Å². The SMILES string of the molecule is CCC1CCCCN1C(=O)C(C)Sc1n[nH]c(-c2cccs2)n1. The van der Waals surface area contributed by atoms with Gasteiger partial charge in [0.2, 0.25) is 11.1 Å². The minimum absolute atomic E-state index is 0.158. The minimum Gasteiger partial charge on any atom is -0.339 e. The van der Waals surface area contributed by atoms with E-state index >= 15 is 0 Å². The predicted octanol–water partition coefficient (Wildman–Crippen LogP) is 3.80. The monoisotopic (exact) mass is 350 g/mol. The first-order valence-electron chi connectivity index (χ1n) is 8.12. The summed E-state index contributed by atoms with van der Waals surface area (Å²) in [6.07, 6.45) is 4.51. The number of likely N-dealkylation sites (tertiary alicyclic amines) is 1. The summed E-state index contributed by atoms with van der Waals surface area (Å²) in [4.78, 5) is 20.4. The Balaban J connectivity index is 1.64. The minimum atomic E-state index is -0.158. The number of hydrogen-bond acceptors (Lipinski definition) is 5. The number of rotatable bonds is 5. The molecule has 23 heavy (non-hydrogen) atoms. The summed E-state index contributed by atoms with van der Waals surface area (Å²) < 4.78 is 0. The first-order chi connectivity index (χ1) is 11.2. The van der Waals surface area contributed by atoms with Crippen LogP contribution < -0.4 is 0 Å². The molecule has 7 heteroatoms.